The fraction of sp³-hybridized carbons (Fsp3) is 0.400. The monoisotopic (exact) mass is 210 g/mol. The van der Waals surface area contributed by atoms with Crippen LogP contribution in [0.5, 0.6) is 5.75 Å². The summed E-state index contributed by atoms with van der Waals surface area (Å²) in [5.41, 5.74) is 0. The third-order valence-electron chi connectivity index (χ3n) is 1.53. The van der Waals surface area contributed by atoms with Crippen molar-refractivity contribution in [3.8, 4) is 5.75 Å². The van der Waals surface area contributed by atoms with Crippen LogP contribution in [0.25, 0.3) is 0 Å². The van der Waals surface area contributed by atoms with E-state index in [9.17, 15) is 5.02 Å². The molecular weight excluding hydrogens is 195 g/mol. The molecule has 1 rings (SSSR count). The molecule has 0 aliphatic rings. The first-order valence-corrected chi connectivity index (χ1v) is 4.86. The van der Waals surface area contributed by atoms with Gasteiger partial charge in [-0.25, -0.2) is 9.69 Å². The van der Waals surface area contributed by atoms with E-state index < -0.39 is 7.32 Å². The Morgan fingerprint density at radius 2 is 1.93 bits per heavy atom. The zero-order chi connectivity index (χ0) is 11.1. The van der Waals surface area contributed by atoms with E-state index in [1.807, 2.05) is 19.9 Å². The Balaban J connectivity index is 2.21. The highest BCUT2D eigenvalue weighted by Crippen LogP contribution is 2.09. The molecule has 5 heteroatoms. The first-order chi connectivity index (χ1) is 7.18. The molecule has 15 heavy (non-hydrogen) atoms. The molecule has 0 heterocycles. The molecule has 0 spiro atoms. The van der Waals surface area contributed by atoms with E-state index >= 15 is 0 Å². The number of hydrogen-bond donors (Lipinski definition) is 1. The summed E-state index contributed by atoms with van der Waals surface area (Å²) >= 11 is 0. The normalized spacial score (nSPS) is 10.4. The van der Waals surface area contributed by atoms with Gasteiger partial charge in [0, 0.05) is 0 Å². The molecule has 4 nitrogen and oxygen atoms in total. The van der Waals surface area contributed by atoms with Crippen LogP contribution in [0.2, 0.25) is 0 Å². The van der Waals surface area contributed by atoms with Crippen LogP contribution in [-0.4, -0.2) is 19.0 Å². The van der Waals surface area contributed by atoms with Crippen LogP contribution in [-0.2, 0) is 9.69 Å². The zero-order valence-corrected chi connectivity index (χ0v) is 8.92. The van der Waals surface area contributed by atoms with Crippen LogP contribution >= 0.6 is 0 Å². The average Bonchev–Trinajstić information content (AvgIpc) is 2.18. The van der Waals surface area contributed by atoms with Gasteiger partial charge >= 0.3 is 7.32 Å². The van der Waals surface area contributed by atoms with Crippen molar-refractivity contribution >= 4 is 7.32 Å². The molecule has 1 N–H and O–H groups in total. The highest BCUT2D eigenvalue weighted by atomic mass is 17.2. The smallest absolute Gasteiger partial charge is 0.511 e. The van der Waals surface area contributed by atoms with Gasteiger partial charge in [-0.2, -0.15) is 0 Å². The summed E-state index contributed by atoms with van der Waals surface area (Å²) in [5, 5.41) is 9.25. The van der Waals surface area contributed by atoms with Gasteiger partial charge in [0.05, 0.1) is 6.61 Å². The van der Waals surface area contributed by atoms with Gasteiger partial charge in [-0.05, 0) is 18.1 Å². The summed E-state index contributed by atoms with van der Waals surface area (Å²) in [5.74, 6) is 0.868. The van der Waals surface area contributed by atoms with Crippen molar-refractivity contribution in [3.05, 3.63) is 30.3 Å². The minimum atomic E-state index is -1.40. The van der Waals surface area contributed by atoms with E-state index in [-0.39, 0.29) is 0 Å². The standard InChI is InChI=1S/C10H15BO4/c1-9(2)8-13-15-11(12)14-10-6-4-3-5-7-10/h3-7,9,12H,8H2,1-2H3. The van der Waals surface area contributed by atoms with Gasteiger partial charge in [0.1, 0.15) is 5.75 Å². The molecule has 0 atom stereocenters. The number of benzene rings is 1. The van der Waals surface area contributed by atoms with Crippen LogP contribution in [0.3, 0.4) is 0 Å². The van der Waals surface area contributed by atoms with Crippen molar-refractivity contribution in [2.75, 3.05) is 6.61 Å². The summed E-state index contributed by atoms with van der Waals surface area (Å²) in [6.07, 6.45) is 0. The quantitative estimate of drug-likeness (QED) is 0.440. The van der Waals surface area contributed by atoms with Gasteiger partial charge in [-0.3, -0.25) is 0 Å². The van der Waals surface area contributed by atoms with Crippen molar-refractivity contribution in [1.29, 1.82) is 0 Å². The predicted molar refractivity (Wildman–Crippen MR) is 56.9 cm³/mol. The minimum absolute atomic E-state index is 0.342. The summed E-state index contributed by atoms with van der Waals surface area (Å²) < 4.78 is 5.00. The maximum atomic E-state index is 9.25. The van der Waals surface area contributed by atoms with Crippen LogP contribution in [0.15, 0.2) is 30.3 Å². The molecule has 0 unspecified atom stereocenters. The lowest BCUT2D eigenvalue weighted by Crippen LogP contribution is -2.27. The third-order valence-corrected chi connectivity index (χ3v) is 1.53. The maximum Gasteiger partial charge on any atom is 0.739 e. The van der Waals surface area contributed by atoms with Gasteiger partial charge < -0.3 is 9.68 Å². The van der Waals surface area contributed by atoms with Gasteiger partial charge in [0.15, 0.2) is 0 Å². The highest BCUT2D eigenvalue weighted by Gasteiger charge is 2.19. The van der Waals surface area contributed by atoms with Gasteiger partial charge in [-0.1, -0.05) is 32.0 Å². The molecule has 0 fully saturated rings. The second-order valence-electron chi connectivity index (χ2n) is 3.51. The molecule has 0 aliphatic carbocycles. The molecule has 0 aliphatic heterocycles. The van der Waals surface area contributed by atoms with Gasteiger partial charge in [0.25, 0.3) is 0 Å². The van der Waals surface area contributed by atoms with Crippen molar-refractivity contribution in [3.63, 3.8) is 0 Å². The van der Waals surface area contributed by atoms with Gasteiger partial charge in [0.2, 0.25) is 0 Å². The Bertz CT molecular complexity index is 265. The third kappa shape index (κ3) is 5.42. The Hall–Kier alpha value is -1.04. The van der Waals surface area contributed by atoms with Crippen LogP contribution < -0.4 is 4.65 Å². The molecule has 0 aromatic heterocycles. The van der Waals surface area contributed by atoms with E-state index in [0.29, 0.717) is 18.3 Å². The summed E-state index contributed by atoms with van der Waals surface area (Å²) in [6, 6.07) is 8.90. The lowest BCUT2D eigenvalue weighted by molar-refractivity contribution is -0.239. The second-order valence-corrected chi connectivity index (χ2v) is 3.51. The molecule has 1 aromatic carbocycles. The molecule has 1 aromatic rings. The molecule has 82 valence electrons. The Labute approximate surface area is 89.9 Å². The van der Waals surface area contributed by atoms with Crippen molar-refractivity contribution in [1.82, 2.24) is 0 Å². The van der Waals surface area contributed by atoms with E-state index in [1.54, 1.807) is 24.3 Å². The number of hydrogen-bond acceptors (Lipinski definition) is 4. The zero-order valence-electron chi connectivity index (χ0n) is 8.92. The minimum Gasteiger partial charge on any atom is -0.511 e. The highest BCUT2D eigenvalue weighted by molar-refractivity contribution is 6.35. The molecule has 0 saturated carbocycles. The summed E-state index contributed by atoms with van der Waals surface area (Å²) in [6.45, 7) is 4.37. The predicted octanol–water partition coefficient (Wildman–Crippen LogP) is 1.65. The maximum absolute atomic E-state index is 9.25. The molecule has 0 amide bonds. The van der Waals surface area contributed by atoms with Crippen molar-refractivity contribution < 1.29 is 19.4 Å². The van der Waals surface area contributed by atoms with Crippen molar-refractivity contribution in [2.45, 2.75) is 13.8 Å². The lowest BCUT2D eigenvalue weighted by Gasteiger charge is -2.09. The van der Waals surface area contributed by atoms with Gasteiger partial charge in [-0.15, -0.1) is 0 Å². The molecule has 0 bridgehead atoms. The molecule has 0 saturated heterocycles. The topological polar surface area (TPSA) is 47.9 Å². The lowest BCUT2D eigenvalue weighted by atomic mass is 10.2. The SMILES string of the molecule is CC(C)COOB(O)Oc1ccccc1. The molecular formula is C10H15BO4. The fourth-order valence-electron chi connectivity index (χ4n) is 0.869. The number of rotatable bonds is 6. The van der Waals surface area contributed by atoms with Crippen LogP contribution in [0, 0.1) is 5.92 Å². The number of para-hydroxylation sites is 1. The summed E-state index contributed by atoms with van der Waals surface area (Å²) in [7, 11) is -1.40. The fourth-order valence-corrected chi connectivity index (χ4v) is 0.869. The van der Waals surface area contributed by atoms with Crippen LogP contribution in [0.4, 0.5) is 0 Å². The Morgan fingerprint density at radius 3 is 2.53 bits per heavy atom. The van der Waals surface area contributed by atoms with E-state index in [2.05, 4.69) is 4.81 Å². The molecule has 0 radical (unpaired) electrons. The largest absolute Gasteiger partial charge is 0.739 e. The Morgan fingerprint density at radius 1 is 1.27 bits per heavy atom. The first-order valence-electron chi connectivity index (χ1n) is 4.86. The van der Waals surface area contributed by atoms with E-state index in [0.717, 1.165) is 0 Å². The summed E-state index contributed by atoms with van der Waals surface area (Å²) in [4.78, 5) is 9.34. The van der Waals surface area contributed by atoms with E-state index in [4.69, 9.17) is 9.54 Å². The Kier molecular flexibility index (Phi) is 5.17. The van der Waals surface area contributed by atoms with Crippen LogP contribution in [0.1, 0.15) is 13.8 Å². The van der Waals surface area contributed by atoms with Crippen molar-refractivity contribution in [2.24, 2.45) is 5.92 Å². The average molecular weight is 210 g/mol. The van der Waals surface area contributed by atoms with E-state index in [1.165, 1.54) is 0 Å². The second kappa shape index (κ2) is 6.45. The first kappa shape index (κ1) is 12.0.